The van der Waals surface area contributed by atoms with Crippen molar-refractivity contribution >= 4 is 15.9 Å². The van der Waals surface area contributed by atoms with E-state index in [4.69, 9.17) is 4.74 Å². The van der Waals surface area contributed by atoms with Crippen molar-refractivity contribution < 1.29 is 9.84 Å². The van der Waals surface area contributed by atoms with E-state index in [2.05, 4.69) is 21.2 Å². The van der Waals surface area contributed by atoms with E-state index in [0.717, 1.165) is 30.8 Å². The van der Waals surface area contributed by atoms with Crippen molar-refractivity contribution in [3.05, 3.63) is 22.2 Å². The van der Waals surface area contributed by atoms with Gasteiger partial charge < -0.3 is 15.2 Å². The Morgan fingerprint density at radius 1 is 1.53 bits per heavy atom. The average molecular weight is 272 g/mol. The van der Waals surface area contributed by atoms with Crippen LogP contribution in [0.2, 0.25) is 0 Å². The molecule has 1 aromatic carbocycles. The lowest BCUT2D eigenvalue weighted by Crippen LogP contribution is -2.08. The molecular formula is C11H14BrNO2. The third-order valence-electron chi connectivity index (χ3n) is 2.81. The van der Waals surface area contributed by atoms with Gasteiger partial charge in [0.2, 0.25) is 0 Å². The summed E-state index contributed by atoms with van der Waals surface area (Å²) in [7, 11) is 1.63. The molecule has 0 bridgehead atoms. The molecule has 15 heavy (non-hydrogen) atoms. The fourth-order valence-electron chi connectivity index (χ4n) is 2.01. The number of phenolic OH excluding ortho intramolecular Hbond substituents is 1. The molecular weight excluding hydrogens is 258 g/mol. The zero-order valence-electron chi connectivity index (χ0n) is 8.59. The first-order valence-electron chi connectivity index (χ1n) is 5.00. The van der Waals surface area contributed by atoms with Gasteiger partial charge in [0.15, 0.2) is 0 Å². The first-order chi connectivity index (χ1) is 7.24. The summed E-state index contributed by atoms with van der Waals surface area (Å²) >= 11 is 3.34. The molecule has 4 heteroatoms. The van der Waals surface area contributed by atoms with Gasteiger partial charge in [-0.2, -0.15) is 0 Å². The topological polar surface area (TPSA) is 41.5 Å². The molecule has 82 valence electrons. The lowest BCUT2D eigenvalue weighted by atomic mass is 9.97. The van der Waals surface area contributed by atoms with Gasteiger partial charge in [-0.1, -0.05) is 6.07 Å². The number of halogens is 1. The third-order valence-corrected chi connectivity index (χ3v) is 3.58. The summed E-state index contributed by atoms with van der Waals surface area (Å²) in [5.41, 5.74) is 1.16. The van der Waals surface area contributed by atoms with E-state index in [1.807, 2.05) is 6.07 Å². The Bertz CT molecular complexity index is 362. The lowest BCUT2D eigenvalue weighted by molar-refractivity contribution is 0.395. The van der Waals surface area contributed by atoms with Crippen molar-refractivity contribution in [1.29, 1.82) is 0 Å². The van der Waals surface area contributed by atoms with E-state index >= 15 is 0 Å². The van der Waals surface area contributed by atoms with Crippen molar-refractivity contribution in [2.24, 2.45) is 0 Å². The molecule has 0 aromatic heterocycles. The average Bonchev–Trinajstić information content (AvgIpc) is 2.75. The highest BCUT2D eigenvalue weighted by molar-refractivity contribution is 9.10. The highest BCUT2D eigenvalue weighted by atomic mass is 79.9. The Kier molecular flexibility index (Phi) is 3.17. The Hall–Kier alpha value is -0.740. The summed E-state index contributed by atoms with van der Waals surface area (Å²) in [5, 5.41) is 12.9. The maximum atomic E-state index is 9.56. The summed E-state index contributed by atoms with van der Waals surface area (Å²) in [6, 6.07) is 3.65. The minimum atomic E-state index is 0.224. The van der Waals surface area contributed by atoms with E-state index < -0.39 is 0 Å². The molecule has 0 radical (unpaired) electrons. The molecule has 1 unspecified atom stereocenters. The van der Waals surface area contributed by atoms with E-state index in [9.17, 15) is 5.11 Å². The largest absolute Gasteiger partial charge is 0.507 e. The summed E-state index contributed by atoms with van der Waals surface area (Å²) in [6.07, 6.45) is 1.12. The van der Waals surface area contributed by atoms with Crippen molar-refractivity contribution in [1.82, 2.24) is 5.32 Å². The van der Waals surface area contributed by atoms with Crippen LogP contribution in [0.3, 0.4) is 0 Å². The second-order valence-corrected chi connectivity index (χ2v) is 4.50. The number of nitrogens with one attached hydrogen (secondary N) is 1. The van der Waals surface area contributed by atoms with Gasteiger partial charge in [0.25, 0.3) is 0 Å². The molecule has 0 spiro atoms. The van der Waals surface area contributed by atoms with Crippen molar-refractivity contribution in [3.63, 3.8) is 0 Å². The van der Waals surface area contributed by atoms with Crippen LogP contribution in [0.15, 0.2) is 16.6 Å². The van der Waals surface area contributed by atoms with E-state index in [1.165, 1.54) is 0 Å². The second-order valence-electron chi connectivity index (χ2n) is 3.71. The Morgan fingerprint density at radius 3 is 2.93 bits per heavy atom. The number of benzene rings is 1. The number of aromatic hydroxyl groups is 1. The molecule has 0 saturated carbocycles. The fourth-order valence-corrected chi connectivity index (χ4v) is 2.53. The summed E-state index contributed by atoms with van der Waals surface area (Å²) < 4.78 is 5.98. The maximum absolute atomic E-state index is 9.56. The smallest absolute Gasteiger partial charge is 0.140 e. The van der Waals surface area contributed by atoms with Crippen molar-refractivity contribution in [2.45, 2.75) is 12.3 Å². The standard InChI is InChI=1S/C11H14BrNO2/c1-15-11-8(7-4-5-13-6-7)2-3-9(14)10(11)12/h2-3,7,13-14H,4-6H2,1H3. The number of phenols is 1. The summed E-state index contributed by atoms with van der Waals surface area (Å²) in [4.78, 5) is 0. The molecule has 2 rings (SSSR count). The minimum Gasteiger partial charge on any atom is -0.507 e. The Labute approximate surface area is 97.6 Å². The number of hydrogen-bond donors (Lipinski definition) is 2. The van der Waals surface area contributed by atoms with Gasteiger partial charge in [-0.05, 0) is 40.5 Å². The number of rotatable bonds is 2. The molecule has 1 aliphatic rings. The van der Waals surface area contributed by atoms with E-state index in [0.29, 0.717) is 10.4 Å². The molecule has 1 aliphatic heterocycles. The first kappa shape index (κ1) is 10.8. The van der Waals surface area contributed by atoms with E-state index in [1.54, 1.807) is 13.2 Å². The molecule has 1 aromatic rings. The predicted molar refractivity (Wildman–Crippen MR) is 62.6 cm³/mol. The zero-order valence-corrected chi connectivity index (χ0v) is 10.2. The molecule has 0 aliphatic carbocycles. The summed E-state index contributed by atoms with van der Waals surface area (Å²) in [5.74, 6) is 1.46. The van der Waals surface area contributed by atoms with Gasteiger partial charge in [0, 0.05) is 12.5 Å². The molecule has 1 heterocycles. The molecule has 0 amide bonds. The predicted octanol–water partition coefficient (Wildman–Crippen LogP) is 2.24. The van der Waals surface area contributed by atoms with Gasteiger partial charge in [-0.25, -0.2) is 0 Å². The van der Waals surface area contributed by atoms with Crippen LogP contribution in [0, 0.1) is 0 Å². The van der Waals surface area contributed by atoms with Crippen LogP contribution >= 0.6 is 15.9 Å². The van der Waals surface area contributed by atoms with Crippen molar-refractivity contribution in [3.8, 4) is 11.5 Å². The monoisotopic (exact) mass is 271 g/mol. The van der Waals surface area contributed by atoms with Gasteiger partial charge >= 0.3 is 0 Å². The van der Waals surface area contributed by atoms with Gasteiger partial charge in [0.1, 0.15) is 16.0 Å². The fraction of sp³-hybridized carbons (Fsp3) is 0.455. The molecule has 1 saturated heterocycles. The third kappa shape index (κ3) is 1.96. The number of methoxy groups -OCH3 is 1. The quantitative estimate of drug-likeness (QED) is 0.867. The normalized spacial score (nSPS) is 20.5. The number of hydrogen-bond acceptors (Lipinski definition) is 3. The van der Waals surface area contributed by atoms with Crippen LogP contribution in [0.25, 0.3) is 0 Å². The molecule has 2 N–H and O–H groups in total. The SMILES string of the molecule is COc1c(C2CCNC2)ccc(O)c1Br. The minimum absolute atomic E-state index is 0.224. The Balaban J connectivity index is 2.41. The van der Waals surface area contributed by atoms with E-state index in [-0.39, 0.29) is 5.75 Å². The van der Waals surface area contributed by atoms with Crippen LogP contribution in [-0.2, 0) is 0 Å². The lowest BCUT2D eigenvalue weighted by Gasteiger charge is -2.15. The maximum Gasteiger partial charge on any atom is 0.140 e. The van der Waals surface area contributed by atoms with Crippen LogP contribution in [0.4, 0.5) is 0 Å². The van der Waals surface area contributed by atoms with Crippen LogP contribution < -0.4 is 10.1 Å². The molecule has 1 fully saturated rings. The zero-order chi connectivity index (χ0) is 10.8. The van der Waals surface area contributed by atoms with Crippen molar-refractivity contribution in [2.75, 3.05) is 20.2 Å². The van der Waals surface area contributed by atoms with Crippen LogP contribution in [0.5, 0.6) is 11.5 Å². The number of ether oxygens (including phenoxy) is 1. The van der Waals surface area contributed by atoms with Crippen LogP contribution in [-0.4, -0.2) is 25.3 Å². The van der Waals surface area contributed by atoms with Gasteiger partial charge in [-0.15, -0.1) is 0 Å². The van der Waals surface area contributed by atoms with Gasteiger partial charge in [-0.3, -0.25) is 0 Å². The van der Waals surface area contributed by atoms with Gasteiger partial charge in [0.05, 0.1) is 7.11 Å². The molecule has 3 nitrogen and oxygen atoms in total. The highest BCUT2D eigenvalue weighted by Crippen LogP contribution is 2.40. The summed E-state index contributed by atoms with van der Waals surface area (Å²) in [6.45, 7) is 2.03. The second kappa shape index (κ2) is 4.41. The molecule has 1 atom stereocenters. The van der Waals surface area contributed by atoms with Crippen LogP contribution in [0.1, 0.15) is 17.9 Å². The first-order valence-corrected chi connectivity index (χ1v) is 5.79. The highest BCUT2D eigenvalue weighted by Gasteiger charge is 2.22. The Morgan fingerprint density at radius 2 is 2.33 bits per heavy atom.